The number of amides is 2. The number of halogens is 1. The highest BCUT2D eigenvalue weighted by Gasteiger charge is 2.20. The summed E-state index contributed by atoms with van der Waals surface area (Å²) in [5.41, 5.74) is 1.51. The summed E-state index contributed by atoms with van der Waals surface area (Å²) < 4.78 is 0. The summed E-state index contributed by atoms with van der Waals surface area (Å²) in [7, 11) is 0. The molecule has 144 valence electrons. The van der Waals surface area contributed by atoms with E-state index in [0.717, 1.165) is 24.9 Å². The molecule has 0 spiro atoms. The largest absolute Gasteiger partial charge is 0.354 e. The standard InChI is InChI=1S/C21H25N3O2.ClH/c25-20(23-15-18-12-7-13-22-18)14-19(16-8-3-1-4-9-16)24-21(26)17-10-5-2-6-11-17;/h1-6,8-11,18-19,22H,7,12-15H2,(H,23,25)(H,24,26);1H. The minimum absolute atomic E-state index is 0. The maximum atomic E-state index is 12.5. The van der Waals surface area contributed by atoms with Gasteiger partial charge in [0.1, 0.15) is 0 Å². The Morgan fingerprint density at radius 3 is 2.33 bits per heavy atom. The SMILES string of the molecule is Cl.O=C(CC(NC(=O)c1ccccc1)c1ccccc1)NCC1CCCN1. The van der Waals surface area contributed by atoms with Crippen LogP contribution in [0.3, 0.4) is 0 Å². The van der Waals surface area contributed by atoms with Gasteiger partial charge in [-0.1, -0.05) is 48.5 Å². The molecule has 2 amide bonds. The number of rotatable bonds is 7. The van der Waals surface area contributed by atoms with E-state index in [1.165, 1.54) is 0 Å². The molecule has 1 aliphatic heterocycles. The maximum Gasteiger partial charge on any atom is 0.251 e. The maximum absolute atomic E-state index is 12.5. The van der Waals surface area contributed by atoms with Gasteiger partial charge in [-0.05, 0) is 37.1 Å². The van der Waals surface area contributed by atoms with E-state index in [0.29, 0.717) is 18.2 Å². The van der Waals surface area contributed by atoms with Crippen LogP contribution in [0.1, 0.15) is 41.2 Å². The molecule has 2 aromatic rings. The lowest BCUT2D eigenvalue weighted by Crippen LogP contribution is -2.39. The van der Waals surface area contributed by atoms with E-state index in [1.54, 1.807) is 12.1 Å². The molecule has 5 nitrogen and oxygen atoms in total. The molecule has 6 heteroatoms. The molecule has 2 aromatic carbocycles. The second-order valence-electron chi connectivity index (χ2n) is 6.60. The molecular formula is C21H26ClN3O2. The Labute approximate surface area is 166 Å². The van der Waals surface area contributed by atoms with Crippen LogP contribution in [0.2, 0.25) is 0 Å². The number of hydrogen-bond donors (Lipinski definition) is 3. The molecule has 1 fully saturated rings. The first-order valence-electron chi connectivity index (χ1n) is 9.13. The van der Waals surface area contributed by atoms with Crippen molar-refractivity contribution in [1.82, 2.24) is 16.0 Å². The van der Waals surface area contributed by atoms with Crippen LogP contribution in [-0.2, 0) is 4.79 Å². The summed E-state index contributed by atoms with van der Waals surface area (Å²) in [4.78, 5) is 24.9. The number of carbonyl (C=O) groups excluding carboxylic acids is 2. The summed E-state index contributed by atoms with van der Waals surface area (Å²) in [6, 6.07) is 18.7. The van der Waals surface area contributed by atoms with Crippen LogP contribution < -0.4 is 16.0 Å². The summed E-state index contributed by atoms with van der Waals surface area (Å²) in [6.07, 6.45) is 2.46. The van der Waals surface area contributed by atoms with Gasteiger partial charge in [0.2, 0.25) is 5.91 Å². The van der Waals surface area contributed by atoms with Crippen molar-refractivity contribution >= 4 is 24.2 Å². The highest BCUT2D eigenvalue weighted by Crippen LogP contribution is 2.17. The molecule has 3 rings (SSSR count). The summed E-state index contributed by atoms with van der Waals surface area (Å²) in [5, 5.41) is 9.34. The first-order chi connectivity index (χ1) is 12.7. The van der Waals surface area contributed by atoms with Crippen LogP contribution in [0.5, 0.6) is 0 Å². The summed E-state index contributed by atoms with van der Waals surface area (Å²) in [5.74, 6) is -0.231. The van der Waals surface area contributed by atoms with Crippen molar-refractivity contribution in [3.63, 3.8) is 0 Å². The average Bonchev–Trinajstić information content (AvgIpc) is 3.21. The zero-order valence-corrected chi connectivity index (χ0v) is 16.0. The fourth-order valence-corrected chi connectivity index (χ4v) is 3.19. The molecule has 1 saturated heterocycles. The average molecular weight is 388 g/mol. The monoisotopic (exact) mass is 387 g/mol. The third-order valence-corrected chi connectivity index (χ3v) is 4.64. The van der Waals surface area contributed by atoms with E-state index in [1.807, 2.05) is 48.5 Å². The predicted molar refractivity (Wildman–Crippen MR) is 109 cm³/mol. The summed E-state index contributed by atoms with van der Waals surface area (Å²) >= 11 is 0. The van der Waals surface area contributed by atoms with E-state index >= 15 is 0 Å². The minimum atomic E-state index is -0.361. The van der Waals surface area contributed by atoms with Crippen LogP contribution in [-0.4, -0.2) is 30.9 Å². The molecular weight excluding hydrogens is 362 g/mol. The Bertz CT molecular complexity index is 719. The first-order valence-corrected chi connectivity index (χ1v) is 9.13. The van der Waals surface area contributed by atoms with Gasteiger partial charge in [-0.2, -0.15) is 0 Å². The van der Waals surface area contributed by atoms with Crippen LogP contribution in [0.4, 0.5) is 0 Å². The van der Waals surface area contributed by atoms with Gasteiger partial charge in [-0.3, -0.25) is 9.59 Å². The van der Waals surface area contributed by atoms with Gasteiger partial charge in [-0.25, -0.2) is 0 Å². The lowest BCUT2D eigenvalue weighted by Gasteiger charge is -2.20. The lowest BCUT2D eigenvalue weighted by atomic mass is 10.0. The van der Waals surface area contributed by atoms with Gasteiger partial charge >= 0.3 is 0 Å². The van der Waals surface area contributed by atoms with Gasteiger partial charge in [0.05, 0.1) is 12.5 Å². The quantitative estimate of drug-likeness (QED) is 0.684. The van der Waals surface area contributed by atoms with Gasteiger partial charge in [0.15, 0.2) is 0 Å². The van der Waals surface area contributed by atoms with E-state index in [4.69, 9.17) is 0 Å². The van der Waals surface area contributed by atoms with Crippen molar-refractivity contribution < 1.29 is 9.59 Å². The van der Waals surface area contributed by atoms with Crippen LogP contribution in [0.25, 0.3) is 0 Å². The fraction of sp³-hybridized carbons (Fsp3) is 0.333. The smallest absolute Gasteiger partial charge is 0.251 e. The molecule has 0 radical (unpaired) electrons. The van der Waals surface area contributed by atoms with Crippen LogP contribution >= 0.6 is 12.4 Å². The highest BCUT2D eigenvalue weighted by atomic mass is 35.5. The number of carbonyl (C=O) groups is 2. The van der Waals surface area contributed by atoms with E-state index in [-0.39, 0.29) is 36.7 Å². The second kappa shape index (κ2) is 10.7. The lowest BCUT2D eigenvalue weighted by molar-refractivity contribution is -0.121. The fourth-order valence-electron chi connectivity index (χ4n) is 3.19. The molecule has 1 aliphatic rings. The Morgan fingerprint density at radius 1 is 1.04 bits per heavy atom. The van der Waals surface area contributed by atoms with Crippen molar-refractivity contribution in [2.75, 3.05) is 13.1 Å². The van der Waals surface area contributed by atoms with Gasteiger partial charge in [0.25, 0.3) is 5.91 Å². The molecule has 0 bridgehead atoms. The molecule has 1 heterocycles. The van der Waals surface area contributed by atoms with E-state index in [9.17, 15) is 9.59 Å². The number of hydrogen-bond acceptors (Lipinski definition) is 3. The molecule has 0 aromatic heterocycles. The Hall–Kier alpha value is -2.37. The zero-order chi connectivity index (χ0) is 18.2. The van der Waals surface area contributed by atoms with Crippen LogP contribution in [0.15, 0.2) is 60.7 Å². The van der Waals surface area contributed by atoms with Gasteiger partial charge in [-0.15, -0.1) is 12.4 Å². The molecule has 0 saturated carbocycles. The number of nitrogens with one attached hydrogen (secondary N) is 3. The van der Waals surface area contributed by atoms with E-state index < -0.39 is 0 Å². The third kappa shape index (κ3) is 6.38. The van der Waals surface area contributed by atoms with E-state index in [2.05, 4.69) is 16.0 Å². The highest BCUT2D eigenvalue weighted by molar-refractivity contribution is 5.94. The molecule has 27 heavy (non-hydrogen) atoms. The predicted octanol–water partition coefficient (Wildman–Crippen LogP) is 2.84. The van der Waals surface area contributed by atoms with Gasteiger partial charge in [0, 0.05) is 18.2 Å². The Kier molecular flexibility index (Phi) is 8.30. The molecule has 2 unspecified atom stereocenters. The first kappa shape index (κ1) is 20.9. The zero-order valence-electron chi connectivity index (χ0n) is 15.2. The molecule has 2 atom stereocenters. The molecule has 3 N–H and O–H groups in total. The minimum Gasteiger partial charge on any atom is -0.354 e. The normalized spacial score (nSPS) is 16.8. The molecule has 0 aliphatic carbocycles. The topological polar surface area (TPSA) is 70.2 Å². The van der Waals surface area contributed by atoms with Crippen LogP contribution in [0, 0.1) is 0 Å². The van der Waals surface area contributed by atoms with Crippen molar-refractivity contribution in [3.05, 3.63) is 71.8 Å². The van der Waals surface area contributed by atoms with Gasteiger partial charge < -0.3 is 16.0 Å². The van der Waals surface area contributed by atoms with Crippen molar-refractivity contribution in [3.8, 4) is 0 Å². The Morgan fingerprint density at radius 2 is 1.70 bits per heavy atom. The summed E-state index contributed by atoms with van der Waals surface area (Å²) in [6.45, 7) is 1.65. The Balaban J connectivity index is 0.00000261. The van der Waals surface area contributed by atoms with Crippen molar-refractivity contribution in [2.24, 2.45) is 0 Å². The third-order valence-electron chi connectivity index (χ3n) is 4.64. The van der Waals surface area contributed by atoms with Crippen molar-refractivity contribution in [1.29, 1.82) is 0 Å². The van der Waals surface area contributed by atoms with Crippen molar-refractivity contribution in [2.45, 2.75) is 31.3 Å². The second-order valence-corrected chi connectivity index (χ2v) is 6.60. The number of benzene rings is 2.